The van der Waals surface area contributed by atoms with E-state index in [1.807, 2.05) is 30.3 Å². The van der Waals surface area contributed by atoms with E-state index in [-0.39, 0.29) is 5.56 Å². The Morgan fingerprint density at radius 3 is 2.42 bits per heavy atom. The normalized spacial score (nSPS) is 11.4. The second-order valence-electron chi connectivity index (χ2n) is 8.26. The SMILES string of the molecule is CCCCc1ccc(-c2ccc(-c3cc(C(=O)O)c4cc(C(C)C)ccc4n3)o2)cc1. The van der Waals surface area contributed by atoms with Crippen molar-refractivity contribution in [1.29, 1.82) is 0 Å². The fourth-order valence-electron chi connectivity index (χ4n) is 3.75. The van der Waals surface area contributed by atoms with E-state index in [9.17, 15) is 9.90 Å². The number of benzene rings is 2. The van der Waals surface area contributed by atoms with E-state index in [1.54, 1.807) is 6.07 Å². The summed E-state index contributed by atoms with van der Waals surface area (Å²) in [5.74, 6) is 0.643. The lowest BCUT2D eigenvalue weighted by molar-refractivity contribution is 0.0699. The van der Waals surface area contributed by atoms with Gasteiger partial charge in [0, 0.05) is 10.9 Å². The summed E-state index contributed by atoms with van der Waals surface area (Å²) in [7, 11) is 0. The monoisotopic (exact) mass is 413 g/mol. The van der Waals surface area contributed by atoms with Gasteiger partial charge in [-0.25, -0.2) is 9.78 Å². The largest absolute Gasteiger partial charge is 0.478 e. The van der Waals surface area contributed by atoms with Crippen LogP contribution >= 0.6 is 0 Å². The van der Waals surface area contributed by atoms with Crippen LogP contribution in [0.15, 0.2) is 65.1 Å². The highest BCUT2D eigenvalue weighted by molar-refractivity contribution is 6.03. The number of hydrogen-bond donors (Lipinski definition) is 1. The minimum Gasteiger partial charge on any atom is -0.478 e. The number of furan rings is 1. The molecule has 0 amide bonds. The third-order valence-corrected chi connectivity index (χ3v) is 5.65. The molecule has 0 saturated carbocycles. The van der Waals surface area contributed by atoms with Crippen LogP contribution in [0.25, 0.3) is 33.7 Å². The minimum atomic E-state index is -0.969. The molecule has 2 heterocycles. The van der Waals surface area contributed by atoms with E-state index in [1.165, 1.54) is 18.4 Å². The Morgan fingerprint density at radius 2 is 1.74 bits per heavy atom. The van der Waals surface area contributed by atoms with Crippen molar-refractivity contribution in [2.45, 2.75) is 46.0 Å². The molecule has 0 aliphatic carbocycles. The summed E-state index contributed by atoms with van der Waals surface area (Å²) in [6, 6.07) is 19.6. The summed E-state index contributed by atoms with van der Waals surface area (Å²) in [4.78, 5) is 16.6. The molecule has 0 saturated heterocycles. The number of aromatic carboxylic acids is 1. The molecule has 0 unspecified atom stereocenters. The molecule has 4 rings (SSSR count). The number of carbonyl (C=O) groups is 1. The first-order valence-electron chi connectivity index (χ1n) is 10.8. The van der Waals surface area contributed by atoms with E-state index >= 15 is 0 Å². The number of aryl methyl sites for hydroxylation is 1. The van der Waals surface area contributed by atoms with Crippen LogP contribution in [0.4, 0.5) is 0 Å². The molecular formula is C27H27NO3. The summed E-state index contributed by atoms with van der Waals surface area (Å²) in [6.07, 6.45) is 3.44. The van der Waals surface area contributed by atoms with Crippen LogP contribution in [0.5, 0.6) is 0 Å². The van der Waals surface area contributed by atoms with Crippen LogP contribution in [0, 0.1) is 0 Å². The molecule has 0 bridgehead atoms. The fourth-order valence-corrected chi connectivity index (χ4v) is 3.75. The number of aromatic nitrogens is 1. The van der Waals surface area contributed by atoms with Gasteiger partial charge in [-0.15, -0.1) is 0 Å². The highest BCUT2D eigenvalue weighted by atomic mass is 16.4. The van der Waals surface area contributed by atoms with Crippen molar-refractivity contribution in [3.63, 3.8) is 0 Å². The molecule has 0 aliphatic rings. The number of hydrogen-bond acceptors (Lipinski definition) is 3. The molecule has 1 N–H and O–H groups in total. The maximum Gasteiger partial charge on any atom is 0.336 e. The van der Waals surface area contributed by atoms with Crippen molar-refractivity contribution in [2.75, 3.05) is 0 Å². The lowest BCUT2D eigenvalue weighted by Gasteiger charge is -2.10. The van der Waals surface area contributed by atoms with Crippen molar-refractivity contribution < 1.29 is 14.3 Å². The molecule has 4 aromatic rings. The number of pyridine rings is 1. The van der Waals surface area contributed by atoms with Gasteiger partial charge in [0.05, 0.1) is 11.1 Å². The topological polar surface area (TPSA) is 63.3 Å². The van der Waals surface area contributed by atoms with Crippen LogP contribution in [0.3, 0.4) is 0 Å². The summed E-state index contributed by atoms with van der Waals surface area (Å²) < 4.78 is 6.07. The van der Waals surface area contributed by atoms with E-state index in [4.69, 9.17) is 4.42 Å². The second kappa shape index (κ2) is 8.76. The zero-order valence-corrected chi connectivity index (χ0v) is 18.2. The Hall–Kier alpha value is -3.40. The summed E-state index contributed by atoms with van der Waals surface area (Å²) in [5, 5.41) is 10.4. The molecule has 0 atom stereocenters. The lowest BCUT2D eigenvalue weighted by atomic mass is 9.98. The predicted octanol–water partition coefficient (Wildman–Crippen LogP) is 7.33. The number of carboxylic acid groups (broad SMARTS) is 1. The quantitative estimate of drug-likeness (QED) is 0.344. The zero-order valence-electron chi connectivity index (χ0n) is 18.2. The van der Waals surface area contributed by atoms with Gasteiger partial charge in [-0.2, -0.15) is 0 Å². The van der Waals surface area contributed by atoms with Crippen molar-refractivity contribution in [1.82, 2.24) is 4.98 Å². The zero-order chi connectivity index (χ0) is 22.0. The Balaban J connectivity index is 1.70. The van der Waals surface area contributed by atoms with Crippen LogP contribution in [-0.4, -0.2) is 16.1 Å². The van der Waals surface area contributed by atoms with E-state index in [2.05, 4.69) is 50.0 Å². The van der Waals surface area contributed by atoms with Crippen LogP contribution in [-0.2, 0) is 6.42 Å². The molecule has 2 aromatic heterocycles. The van der Waals surface area contributed by atoms with Crippen molar-refractivity contribution in [2.24, 2.45) is 0 Å². The smallest absolute Gasteiger partial charge is 0.336 e. The number of nitrogens with zero attached hydrogens (tertiary/aromatic N) is 1. The van der Waals surface area contributed by atoms with Gasteiger partial charge in [0.25, 0.3) is 0 Å². The maximum absolute atomic E-state index is 12.0. The molecule has 0 aliphatic heterocycles. The van der Waals surface area contributed by atoms with Crippen LogP contribution < -0.4 is 0 Å². The van der Waals surface area contributed by atoms with Crippen LogP contribution in [0.2, 0.25) is 0 Å². The van der Waals surface area contributed by atoms with Crippen LogP contribution in [0.1, 0.15) is 61.0 Å². The first-order valence-corrected chi connectivity index (χ1v) is 10.8. The Bertz CT molecular complexity index is 1220. The van der Waals surface area contributed by atoms with Crippen molar-refractivity contribution in [3.05, 3.63) is 77.4 Å². The Labute approximate surface area is 182 Å². The number of unbranched alkanes of at least 4 members (excludes halogenated alkanes) is 1. The molecule has 0 fully saturated rings. The fraction of sp³-hybridized carbons (Fsp3) is 0.259. The molecule has 2 aromatic carbocycles. The average molecular weight is 414 g/mol. The number of rotatable bonds is 7. The lowest BCUT2D eigenvalue weighted by Crippen LogP contribution is -2.01. The molecule has 0 radical (unpaired) electrons. The molecule has 158 valence electrons. The van der Waals surface area contributed by atoms with Gasteiger partial charge in [-0.05, 0) is 60.2 Å². The standard InChI is InChI=1S/C27H27NO3/c1-4-5-6-18-7-9-19(10-8-18)25-13-14-26(31-25)24-16-22(27(29)30)21-15-20(17(2)3)11-12-23(21)28-24/h7-17H,4-6H2,1-3H3,(H,29,30). The number of fused-ring (bicyclic) bond motifs is 1. The third kappa shape index (κ3) is 4.38. The Kier molecular flexibility index (Phi) is 5.90. The average Bonchev–Trinajstić information content (AvgIpc) is 3.27. The molecular weight excluding hydrogens is 386 g/mol. The Morgan fingerprint density at radius 1 is 1.00 bits per heavy atom. The molecule has 4 nitrogen and oxygen atoms in total. The second-order valence-corrected chi connectivity index (χ2v) is 8.26. The van der Waals surface area contributed by atoms with Gasteiger partial charge < -0.3 is 9.52 Å². The molecule has 0 spiro atoms. The van der Waals surface area contributed by atoms with E-state index in [0.29, 0.717) is 28.3 Å². The van der Waals surface area contributed by atoms with Crippen molar-refractivity contribution >= 4 is 16.9 Å². The van der Waals surface area contributed by atoms with Gasteiger partial charge in [-0.3, -0.25) is 0 Å². The van der Waals surface area contributed by atoms with Crippen molar-refractivity contribution in [3.8, 4) is 22.8 Å². The van der Waals surface area contributed by atoms with Gasteiger partial charge in [-0.1, -0.05) is 57.5 Å². The van der Waals surface area contributed by atoms with Gasteiger partial charge >= 0.3 is 5.97 Å². The summed E-state index contributed by atoms with van der Waals surface area (Å²) >= 11 is 0. The molecule has 4 heteroatoms. The third-order valence-electron chi connectivity index (χ3n) is 5.65. The molecule has 31 heavy (non-hydrogen) atoms. The van der Waals surface area contributed by atoms with Gasteiger partial charge in [0.1, 0.15) is 11.5 Å². The van der Waals surface area contributed by atoms with Gasteiger partial charge in [0.15, 0.2) is 5.76 Å². The van der Waals surface area contributed by atoms with E-state index in [0.717, 1.165) is 23.3 Å². The predicted molar refractivity (Wildman–Crippen MR) is 125 cm³/mol. The number of carboxylic acids is 1. The minimum absolute atomic E-state index is 0.237. The summed E-state index contributed by atoms with van der Waals surface area (Å²) in [6.45, 7) is 6.37. The van der Waals surface area contributed by atoms with Gasteiger partial charge in [0.2, 0.25) is 0 Å². The van der Waals surface area contributed by atoms with E-state index < -0.39 is 5.97 Å². The first kappa shape index (κ1) is 20.9. The summed E-state index contributed by atoms with van der Waals surface area (Å²) in [5.41, 5.74) is 4.81. The maximum atomic E-state index is 12.0. The highest BCUT2D eigenvalue weighted by Gasteiger charge is 2.16. The highest BCUT2D eigenvalue weighted by Crippen LogP contribution is 2.31. The first-order chi connectivity index (χ1) is 15.0.